The largest absolute Gasteiger partial charge is 0.366 e. The van der Waals surface area contributed by atoms with E-state index in [0.29, 0.717) is 0 Å². The minimum Gasteiger partial charge on any atom is -0.366 e. The molecule has 0 aliphatic heterocycles. The number of nitrogens with zero attached hydrogens (tertiary/aromatic N) is 2. The topological polar surface area (TPSA) is 103 Å². The third-order valence-electron chi connectivity index (χ3n) is 1.63. The maximum atomic E-state index is 11.4. The van der Waals surface area contributed by atoms with Crippen LogP contribution in [0, 0.1) is 0 Å². The lowest BCUT2D eigenvalue weighted by atomic mass is 10.3. The van der Waals surface area contributed by atoms with Gasteiger partial charge >= 0.3 is 0 Å². The zero-order valence-corrected chi connectivity index (χ0v) is 8.28. The van der Waals surface area contributed by atoms with Gasteiger partial charge < -0.3 is 5.73 Å². The summed E-state index contributed by atoms with van der Waals surface area (Å²) in [6.07, 6.45) is 1.22. The van der Waals surface area contributed by atoms with Gasteiger partial charge in [0.25, 0.3) is 5.91 Å². The van der Waals surface area contributed by atoms with Crippen LogP contribution in [0.4, 0.5) is 0 Å². The smallest absolute Gasteiger partial charge is 0.251 e. The van der Waals surface area contributed by atoms with Crippen LogP contribution < -0.4 is 5.73 Å². The maximum Gasteiger partial charge on any atom is 0.251 e. The number of hydrogen-bond donors (Lipinski definition) is 1. The quantitative estimate of drug-likeness (QED) is 0.723. The first-order valence-electron chi connectivity index (χ1n) is 3.83. The summed E-state index contributed by atoms with van der Waals surface area (Å²) in [7, 11) is -3.55. The Labute approximate surface area is 81.1 Å². The lowest BCUT2D eigenvalue weighted by Crippen LogP contribution is -2.19. The Hall–Kier alpha value is -1.50. The Balaban J connectivity index is 3.42. The highest BCUT2D eigenvalue weighted by Gasteiger charge is 2.21. The van der Waals surface area contributed by atoms with Crippen molar-refractivity contribution in [3.05, 3.63) is 17.8 Å². The van der Waals surface area contributed by atoms with E-state index in [9.17, 15) is 13.2 Å². The standard InChI is InChI=1S/C7H9N3O3S/c1-2-14(12,13)7-5(6(8)11)3-4-9-10-7/h3-4H,2H2,1H3,(H2,8,11). The van der Waals surface area contributed by atoms with Crippen molar-refractivity contribution in [2.24, 2.45) is 5.73 Å². The van der Waals surface area contributed by atoms with E-state index in [1.54, 1.807) is 0 Å². The fourth-order valence-corrected chi connectivity index (χ4v) is 1.82. The molecule has 0 saturated carbocycles. The summed E-state index contributed by atoms with van der Waals surface area (Å²) < 4.78 is 22.8. The van der Waals surface area contributed by atoms with Gasteiger partial charge in [0.1, 0.15) is 0 Å². The molecule has 0 spiro atoms. The van der Waals surface area contributed by atoms with Gasteiger partial charge in [-0.15, -0.1) is 5.10 Å². The van der Waals surface area contributed by atoms with Gasteiger partial charge in [0, 0.05) is 0 Å². The van der Waals surface area contributed by atoms with E-state index < -0.39 is 15.7 Å². The molecule has 0 fully saturated rings. The van der Waals surface area contributed by atoms with Crippen molar-refractivity contribution in [3.63, 3.8) is 0 Å². The molecule has 7 heteroatoms. The first-order chi connectivity index (χ1) is 6.49. The Morgan fingerprint density at radius 2 is 2.21 bits per heavy atom. The molecule has 0 radical (unpaired) electrons. The highest BCUT2D eigenvalue weighted by atomic mass is 32.2. The molecule has 1 heterocycles. The second-order valence-corrected chi connectivity index (χ2v) is 4.71. The molecular weight excluding hydrogens is 206 g/mol. The molecule has 0 aromatic carbocycles. The number of aromatic nitrogens is 2. The van der Waals surface area contributed by atoms with Crippen molar-refractivity contribution in [1.29, 1.82) is 0 Å². The zero-order chi connectivity index (χ0) is 10.8. The number of hydrogen-bond acceptors (Lipinski definition) is 5. The monoisotopic (exact) mass is 215 g/mol. The number of rotatable bonds is 3. The SMILES string of the molecule is CCS(=O)(=O)c1nnccc1C(N)=O. The molecule has 0 saturated heterocycles. The summed E-state index contributed by atoms with van der Waals surface area (Å²) in [5, 5.41) is 6.46. The summed E-state index contributed by atoms with van der Waals surface area (Å²) in [5.74, 6) is -0.974. The Morgan fingerprint density at radius 1 is 1.57 bits per heavy atom. The molecule has 0 aliphatic rings. The lowest BCUT2D eigenvalue weighted by Gasteiger charge is -2.02. The molecule has 0 atom stereocenters. The van der Waals surface area contributed by atoms with E-state index in [4.69, 9.17) is 5.73 Å². The molecule has 0 aliphatic carbocycles. The molecule has 2 N–H and O–H groups in total. The van der Waals surface area contributed by atoms with Crippen LogP contribution >= 0.6 is 0 Å². The van der Waals surface area contributed by atoms with E-state index in [2.05, 4.69) is 10.2 Å². The summed E-state index contributed by atoms with van der Waals surface area (Å²) in [5.41, 5.74) is 4.87. The van der Waals surface area contributed by atoms with E-state index in [1.807, 2.05) is 0 Å². The summed E-state index contributed by atoms with van der Waals surface area (Å²) in [6, 6.07) is 1.23. The molecular formula is C7H9N3O3S. The van der Waals surface area contributed by atoms with E-state index in [1.165, 1.54) is 19.2 Å². The van der Waals surface area contributed by atoms with Crippen LogP contribution in [-0.4, -0.2) is 30.3 Å². The number of sulfone groups is 1. The lowest BCUT2D eigenvalue weighted by molar-refractivity contribution is 0.0996. The average molecular weight is 215 g/mol. The first kappa shape index (κ1) is 10.6. The normalized spacial score (nSPS) is 11.2. The molecule has 1 rings (SSSR count). The van der Waals surface area contributed by atoms with Crippen LogP contribution in [0.25, 0.3) is 0 Å². The van der Waals surface area contributed by atoms with E-state index in [-0.39, 0.29) is 16.3 Å². The number of nitrogens with two attached hydrogens (primary N) is 1. The van der Waals surface area contributed by atoms with Crippen LogP contribution in [0.1, 0.15) is 17.3 Å². The second-order valence-electron chi connectivity index (χ2n) is 2.52. The van der Waals surface area contributed by atoms with Gasteiger partial charge in [0.2, 0.25) is 0 Å². The van der Waals surface area contributed by atoms with Gasteiger partial charge in [-0.3, -0.25) is 4.79 Å². The Bertz CT molecular complexity index is 455. The highest BCUT2D eigenvalue weighted by Crippen LogP contribution is 2.11. The van der Waals surface area contributed by atoms with Crippen LogP contribution in [0.2, 0.25) is 0 Å². The summed E-state index contributed by atoms with van der Waals surface area (Å²) in [6.45, 7) is 1.45. The van der Waals surface area contributed by atoms with Crippen molar-refractivity contribution in [3.8, 4) is 0 Å². The van der Waals surface area contributed by atoms with Gasteiger partial charge in [-0.1, -0.05) is 6.92 Å². The molecule has 0 unspecified atom stereocenters. The van der Waals surface area contributed by atoms with Gasteiger partial charge in [-0.05, 0) is 6.07 Å². The highest BCUT2D eigenvalue weighted by molar-refractivity contribution is 7.91. The number of carbonyl (C=O) groups is 1. The maximum absolute atomic E-state index is 11.4. The second kappa shape index (κ2) is 3.70. The molecule has 76 valence electrons. The molecule has 1 amide bonds. The average Bonchev–Trinajstić information content (AvgIpc) is 2.18. The van der Waals surface area contributed by atoms with Gasteiger partial charge in [-0.25, -0.2) is 8.42 Å². The predicted octanol–water partition coefficient (Wildman–Crippen LogP) is -0.631. The van der Waals surface area contributed by atoms with Gasteiger partial charge in [-0.2, -0.15) is 5.10 Å². The molecule has 1 aromatic heterocycles. The predicted molar refractivity (Wildman–Crippen MR) is 48.3 cm³/mol. The first-order valence-corrected chi connectivity index (χ1v) is 5.48. The van der Waals surface area contributed by atoms with Crippen LogP contribution in [0.3, 0.4) is 0 Å². The summed E-state index contributed by atoms with van der Waals surface area (Å²) in [4.78, 5) is 10.9. The number of amides is 1. The van der Waals surface area contributed by atoms with Crippen molar-refractivity contribution in [1.82, 2.24) is 10.2 Å². The zero-order valence-electron chi connectivity index (χ0n) is 7.47. The van der Waals surface area contributed by atoms with Crippen molar-refractivity contribution >= 4 is 15.7 Å². The van der Waals surface area contributed by atoms with Crippen LogP contribution in [-0.2, 0) is 9.84 Å². The van der Waals surface area contributed by atoms with Crippen LogP contribution in [0.5, 0.6) is 0 Å². The minimum absolute atomic E-state index is 0.123. The third-order valence-corrected chi connectivity index (χ3v) is 3.28. The Morgan fingerprint density at radius 3 is 2.71 bits per heavy atom. The molecule has 0 bridgehead atoms. The Kier molecular flexibility index (Phi) is 2.80. The number of primary amides is 1. The van der Waals surface area contributed by atoms with Crippen molar-refractivity contribution in [2.75, 3.05) is 5.75 Å². The van der Waals surface area contributed by atoms with Crippen molar-refractivity contribution in [2.45, 2.75) is 11.9 Å². The fourth-order valence-electron chi connectivity index (χ4n) is 0.873. The van der Waals surface area contributed by atoms with E-state index in [0.717, 1.165) is 0 Å². The number of carbonyl (C=O) groups excluding carboxylic acids is 1. The fraction of sp³-hybridized carbons (Fsp3) is 0.286. The van der Waals surface area contributed by atoms with Crippen LogP contribution in [0.15, 0.2) is 17.3 Å². The van der Waals surface area contributed by atoms with Crippen molar-refractivity contribution < 1.29 is 13.2 Å². The molecule has 1 aromatic rings. The molecule has 6 nitrogen and oxygen atoms in total. The third kappa shape index (κ3) is 1.87. The molecule has 14 heavy (non-hydrogen) atoms. The van der Waals surface area contributed by atoms with E-state index >= 15 is 0 Å². The minimum atomic E-state index is -3.55. The van der Waals surface area contributed by atoms with Gasteiger partial charge in [0.15, 0.2) is 14.9 Å². The summed E-state index contributed by atoms with van der Waals surface area (Å²) >= 11 is 0. The van der Waals surface area contributed by atoms with Gasteiger partial charge in [0.05, 0.1) is 17.5 Å².